The zero-order valence-corrected chi connectivity index (χ0v) is 21.2. The number of rotatable bonds is 7. The van der Waals surface area contributed by atoms with Crippen molar-refractivity contribution in [3.8, 4) is 11.5 Å². The van der Waals surface area contributed by atoms with E-state index in [1.54, 1.807) is 7.11 Å². The number of carbonyl (C=O) groups is 1. The Morgan fingerprint density at radius 1 is 1.22 bits per heavy atom. The van der Waals surface area contributed by atoms with E-state index in [0.29, 0.717) is 42.5 Å². The fourth-order valence-electron chi connectivity index (χ4n) is 5.90. The summed E-state index contributed by atoms with van der Waals surface area (Å²) in [6.07, 6.45) is 6.52. The van der Waals surface area contributed by atoms with Crippen LogP contribution in [0.15, 0.2) is 30.5 Å². The molecule has 0 radical (unpaired) electrons. The van der Waals surface area contributed by atoms with Gasteiger partial charge in [-0.3, -0.25) is 9.78 Å². The lowest BCUT2D eigenvalue weighted by Gasteiger charge is -2.53. The molecule has 8 nitrogen and oxygen atoms in total. The highest BCUT2D eigenvalue weighted by molar-refractivity contribution is 5.94. The van der Waals surface area contributed by atoms with Crippen molar-refractivity contribution < 1.29 is 23.4 Å². The SMILES string of the molecule is COc1cc(C)c2ncc(F)c(CCC34CCC(NCc5ccc6c(n5)NC(=O)CO6)(CC3)CO4)c2c1. The smallest absolute Gasteiger partial charge is 0.263 e. The van der Waals surface area contributed by atoms with Crippen molar-refractivity contribution in [3.05, 3.63) is 53.1 Å². The van der Waals surface area contributed by atoms with Crippen LogP contribution in [-0.2, 0) is 22.5 Å². The first kappa shape index (κ1) is 24.1. The van der Waals surface area contributed by atoms with Gasteiger partial charge >= 0.3 is 0 Å². The van der Waals surface area contributed by atoms with Gasteiger partial charge < -0.3 is 24.8 Å². The van der Waals surface area contributed by atoms with Crippen molar-refractivity contribution in [2.24, 2.45) is 0 Å². The van der Waals surface area contributed by atoms with Gasteiger partial charge in [-0.2, -0.15) is 0 Å². The van der Waals surface area contributed by atoms with E-state index in [1.165, 1.54) is 6.20 Å². The number of halogens is 1. The second kappa shape index (κ2) is 9.22. The molecule has 0 unspecified atom stereocenters. The maximum Gasteiger partial charge on any atom is 0.263 e. The Labute approximate surface area is 214 Å². The standard InChI is InChI=1S/C28H31FN4O4/c1-17-11-19(35-2)12-21-20(22(29)14-30-25(17)21)5-6-28-9-7-27(8-10-28,16-37-28)31-13-18-3-4-23-26(32-18)33-24(34)15-36-23/h3-4,11-12,14,31H,5-10,13,15-16H2,1-2H3,(H,32,33,34). The van der Waals surface area contributed by atoms with E-state index in [9.17, 15) is 9.18 Å². The van der Waals surface area contributed by atoms with Crippen LogP contribution in [-0.4, -0.2) is 47.3 Å². The molecule has 2 saturated heterocycles. The molecule has 4 aliphatic rings. The second-order valence-electron chi connectivity index (χ2n) is 10.5. The van der Waals surface area contributed by atoms with E-state index in [2.05, 4.69) is 20.6 Å². The molecule has 1 aromatic carbocycles. The zero-order chi connectivity index (χ0) is 25.6. The van der Waals surface area contributed by atoms with Gasteiger partial charge in [0.2, 0.25) is 0 Å². The molecule has 194 valence electrons. The van der Waals surface area contributed by atoms with Gasteiger partial charge in [0.05, 0.1) is 36.7 Å². The highest BCUT2D eigenvalue weighted by Gasteiger charge is 2.49. The summed E-state index contributed by atoms with van der Waals surface area (Å²) in [5.74, 6) is 1.30. The molecule has 2 N–H and O–H groups in total. The van der Waals surface area contributed by atoms with E-state index in [0.717, 1.165) is 54.3 Å². The Kier molecular flexibility index (Phi) is 6.00. The van der Waals surface area contributed by atoms with E-state index >= 15 is 0 Å². The first-order valence-electron chi connectivity index (χ1n) is 12.8. The summed E-state index contributed by atoms with van der Waals surface area (Å²) >= 11 is 0. The lowest BCUT2D eigenvalue weighted by molar-refractivity contribution is -0.165. The number of hydrogen-bond acceptors (Lipinski definition) is 7. The molecular weight excluding hydrogens is 475 g/mol. The Morgan fingerprint density at radius 2 is 2.05 bits per heavy atom. The number of ether oxygens (including phenoxy) is 3. The predicted molar refractivity (Wildman–Crippen MR) is 136 cm³/mol. The number of amides is 1. The maximum atomic E-state index is 14.9. The minimum atomic E-state index is -0.279. The van der Waals surface area contributed by atoms with Crippen molar-refractivity contribution in [1.29, 1.82) is 0 Å². The molecule has 9 heteroatoms. The van der Waals surface area contributed by atoms with Crippen molar-refractivity contribution in [2.75, 3.05) is 25.6 Å². The van der Waals surface area contributed by atoms with Gasteiger partial charge in [-0.15, -0.1) is 0 Å². The number of aryl methyl sites for hydroxylation is 2. The molecule has 1 amide bonds. The Morgan fingerprint density at radius 3 is 2.81 bits per heavy atom. The van der Waals surface area contributed by atoms with Gasteiger partial charge in [-0.05, 0) is 80.8 Å². The molecule has 0 atom stereocenters. The van der Waals surface area contributed by atoms with E-state index in [1.807, 2.05) is 31.2 Å². The van der Waals surface area contributed by atoms with Gasteiger partial charge in [0, 0.05) is 17.5 Å². The van der Waals surface area contributed by atoms with E-state index < -0.39 is 0 Å². The summed E-state index contributed by atoms with van der Waals surface area (Å²) in [5.41, 5.74) is 2.98. The van der Waals surface area contributed by atoms with E-state index in [4.69, 9.17) is 14.2 Å². The van der Waals surface area contributed by atoms with Gasteiger partial charge in [-0.25, -0.2) is 9.37 Å². The largest absolute Gasteiger partial charge is 0.497 e. The Hall–Kier alpha value is -3.30. The lowest BCUT2D eigenvalue weighted by Crippen LogP contribution is -2.61. The van der Waals surface area contributed by atoms with Crippen molar-refractivity contribution in [3.63, 3.8) is 0 Å². The highest BCUT2D eigenvalue weighted by Crippen LogP contribution is 2.46. The van der Waals surface area contributed by atoms with Gasteiger partial charge in [0.25, 0.3) is 5.91 Å². The van der Waals surface area contributed by atoms with Gasteiger partial charge in [-0.1, -0.05) is 0 Å². The normalized spacial score (nSPS) is 24.5. The van der Waals surface area contributed by atoms with E-state index in [-0.39, 0.29) is 29.5 Å². The first-order valence-corrected chi connectivity index (χ1v) is 12.8. The fourth-order valence-corrected chi connectivity index (χ4v) is 5.90. The van der Waals surface area contributed by atoms with Crippen LogP contribution < -0.4 is 20.1 Å². The molecule has 3 fully saturated rings. The number of fused-ring (bicyclic) bond motifs is 5. The molecule has 2 bridgehead atoms. The quantitative estimate of drug-likeness (QED) is 0.496. The molecule has 5 heterocycles. The Balaban J connectivity index is 1.11. The number of nitrogens with zero attached hydrogens (tertiary/aromatic N) is 2. The van der Waals surface area contributed by atoms with Crippen LogP contribution in [0.3, 0.4) is 0 Å². The number of methoxy groups -OCH3 is 1. The third-order valence-corrected chi connectivity index (χ3v) is 8.21. The molecule has 3 aromatic rings. The summed E-state index contributed by atoms with van der Waals surface area (Å²) in [6.45, 7) is 3.19. The second-order valence-corrected chi connectivity index (χ2v) is 10.5. The average molecular weight is 507 g/mol. The number of pyridine rings is 2. The van der Waals surface area contributed by atoms with Gasteiger partial charge in [0.15, 0.2) is 18.2 Å². The Bertz CT molecular complexity index is 1350. The van der Waals surface area contributed by atoms with Crippen molar-refractivity contribution in [1.82, 2.24) is 15.3 Å². The summed E-state index contributed by atoms with van der Waals surface area (Å²) in [4.78, 5) is 20.5. The molecule has 1 aliphatic carbocycles. The molecule has 37 heavy (non-hydrogen) atoms. The predicted octanol–water partition coefficient (Wildman–Crippen LogP) is 4.22. The summed E-state index contributed by atoms with van der Waals surface area (Å²) < 4.78 is 32.2. The topological polar surface area (TPSA) is 94.6 Å². The number of anilines is 1. The van der Waals surface area contributed by atoms with Gasteiger partial charge in [0.1, 0.15) is 11.6 Å². The number of aromatic nitrogens is 2. The third-order valence-electron chi connectivity index (χ3n) is 8.21. The maximum absolute atomic E-state index is 14.9. The minimum absolute atomic E-state index is 0.0202. The van der Waals surface area contributed by atoms with Crippen LogP contribution >= 0.6 is 0 Å². The number of benzene rings is 1. The van der Waals surface area contributed by atoms with Crippen LogP contribution in [0.1, 0.15) is 48.9 Å². The van der Waals surface area contributed by atoms with Crippen LogP contribution in [0, 0.1) is 12.7 Å². The fraction of sp³-hybridized carbons (Fsp3) is 0.464. The summed E-state index contributed by atoms with van der Waals surface area (Å²) in [5, 5.41) is 7.25. The number of hydrogen-bond donors (Lipinski definition) is 2. The monoisotopic (exact) mass is 506 g/mol. The molecule has 7 rings (SSSR count). The van der Waals surface area contributed by atoms with Crippen molar-refractivity contribution in [2.45, 2.75) is 63.1 Å². The number of nitrogens with one attached hydrogen (secondary N) is 2. The summed E-state index contributed by atoms with van der Waals surface area (Å²) in [7, 11) is 1.62. The first-order chi connectivity index (χ1) is 17.9. The summed E-state index contributed by atoms with van der Waals surface area (Å²) in [6, 6.07) is 7.58. The lowest BCUT2D eigenvalue weighted by atomic mass is 9.69. The highest BCUT2D eigenvalue weighted by atomic mass is 19.1. The molecule has 0 spiro atoms. The molecule has 2 aromatic heterocycles. The van der Waals surface area contributed by atoms with Crippen molar-refractivity contribution >= 4 is 22.6 Å². The van der Waals surface area contributed by atoms with Crippen LogP contribution in [0.25, 0.3) is 10.9 Å². The van der Waals surface area contributed by atoms with Crippen LogP contribution in [0.4, 0.5) is 10.2 Å². The number of carbonyl (C=O) groups excluding carboxylic acids is 1. The molecule has 3 aliphatic heterocycles. The third kappa shape index (κ3) is 4.51. The average Bonchev–Trinajstić information content (AvgIpc) is 2.92. The van der Waals surface area contributed by atoms with Crippen LogP contribution in [0.5, 0.6) is 11.5 Å². The molecular formula is C28H31FN4O4. The zero-order valence-electron chi connectivity index (χ0n) is 21.2. The minimum Gasteiger partial charge on any atom is -0.497 e. The molecule has 1 saturated carbocycles. The van der Waals surface area contributed by atoms with Crippen LogP contribution in [0.2, 0.25) is 0 Å².